The summed E-state index contributed by atoms with van der Waals surface area (Å²) in [6, 6.07) is 0. The molecule has 0 aliphatic carbocycles. The fourth-order valence-corrected chi connectivity index (χ4v) is 1.19. The summed E-state index contributed by atoms with van der Waals surface area (Å²) in [5.74, 6) is 1.25. The highest BCUT2D eigenvalue weighted by Gasteiger charge is 2.06. The standard InChI is InChI=1S/C9H16N4.ClH/c1-4-5-8-6(2)9(13-12-8)11-7(3)10;/h4-5H2,1-3H3,(H3,10,11,12,13);1H. The van der Waals surface area contributed by atoms with E-state index in [0.717, 1.165) is 24.1 Å². The monoisotopic (exact) mass is 216 g/mol. The van der Waals surface area contributed by atoms with E-state index in [1.165, 1.54) is 0 Å². The molecule has 80 valence electrons. The van der Waals surface area contributed by atoms with Crippen molar-refractivity contribution in [3.05, 3.63) is 11.3 Å². The second-order valence-corrected chi connectivity index (χ2v) is 3.15. The highest BCUT2D eigenvalue weighted by atomic mass is 35.5. The lowest BCUT2D eigenvalue weighted by molar-refractivity contribution is 0.861. The van der Waals surface area contributed by atoms with Crippen LogP contribution in [0.5, 0.6) is 0 Å². The van der Waals surface area contributed by atoms with Gasteiger partial charge in [-0.25, -0.2) is 4.99 Å². The fourth-order valence-electron chi connectivity index (χ4n) is 1.19. The summed E-state index contributed by atoms with van der Waals surface area (Å²) in [7, 11) is 0. The zero-order valence-corrected chi connectivity index (χ0v) is 9.61. The Bertz CT molecular complexity index is 313. The first-order chi connectivity index (χ1) is 6.15. The highest BCUT2D eigenvalue weighted by Crippen LogP contribution is 2.18. The van der Waals surface area contributed by atoms with E-state index in [2.05, 4.69) is 22.1 Å². The normalized spacial score (nSPS) is 11.2. The number of nitrogens with two attached hydrogens (primary N) is 1. The van der Waals surface area contributed by atoms with Crippen molar-refractivity contribution in [3.8, 4) is 0 Å². The van der Waals surface area contributed by atoms with E-state index in [-0.39, 0.29) is 12.4 Å². The zero-order valence-electron chi connectivity index (χ0n) is 8.79. The molecule has 0 amide bonds. The highest BCUT2D eigenvalue weighted by molar-refractivity contribution is 5.85. The summed E-state index contributed by atoms with van der Waals surface area (Å²) in [4.78, 5) is 4.11. The third-order valence-corrected chi connectivity index (χ3v) is 1.87. The molecule has 3 N–H and O–H groups in total. The Kier molecular flexibility index (Phi) is 5.23. The molecule has 0 unspecified atom stereocenters. The van der Waals surface area contributed by atoms with E-state index < -0.39 is 0 Å². The molecule has 1 rings (SSSR count). The Morgan fingerprint density at radius 2 is 2.21 bits per heavy atom. The lowest BCUT2D eigenvalue weighted by atomic mass is 10.2. The fraction of sp³-hybridized carbons (Fsp3) is 0.556. The molecule has 1 aromatic rings. The van der Waals surface area contributed by atoms with E-state index in [9.17, 15) is 0 Å². The van der Waals surface area contributed by atoms with Crippen LogP contribution in [0, 0.1) is 6.92 Å². The van der Waals surface area contributed by atoms with E-state index in [1.54, 1.807) is 6.92 Å². The van der Waals surface area contributed by atoms with Crippen molar-refractivity contribution < 1.29 is 0 Å². The number of aryl methyl sites for hydroxylation is 1. The SMILES string of the molecule is CCCc1[nH]nc(N=C(C)N)c1C.Cl. The molecule has 1 heterocycles. The van der Waals surface area contributed by atoms with Crippen LogP contribution in [-0.4, -0.2) is 16.0 Å². The lowest BCUT2D eigenvalue weighted by Gasteiger charge is -1.94. The van der Waals surface area contributed by atoms with Gasteiger partial charge in [-0.05, 0) is 20.3 Å². The van der Waals surface area contributed by atoms with Crippen LogP contribution in [0.15, 0.2) is 4.99 Å². The third kappa shape index (κ3) is 3.03. The molecule has 14 heavy (non-hydrogen) atoms. The molecule has 0 fully saturated rings. The van der Waals surface area contributed by atoms with Crippen molar-refractivity contribution in [2.75, 3.05) is 0 Å². The minimum absolute atomic E-state index is 0. The van der Waals surface area contributed by atoms with E-state index in [1.807, 2.05) is 6.92 Å². The number of aliphatic imine (C=N–C) groups is 1. The average Bonchev–Trinajstić information content (AvgIpc) is 2.36. The number of H-pyrrole nitrogens is 1. The number of hydrogen-bond donors (Lipinski definition) is 2. The maximum absolute atomic E-state index is 5.47. The predicted octanol–water partition coefficient (Wildman–Crippen LogP) is 2.10. The molecule has 0 saturated heterocycles. The molecule has 1 aromatic heterocycles. The summed E-state index contributed by atoms with van der Waals surface area (Å²) >= 11 is 0. The van der Waals surface area contributed by atoms with Crippen molar-refractivity contribution in [1.82, 2.24) is 10.2 Å². The Balaban J connectivity index is 0.00000169. The van der Waals surface area contributed by atoms with Gasteiger partial charge >= 0.3 is 0 Å². The Morgan fingerprint density at radius 3 is 2.71 bits per heavy atom. The number of hydrogen-bond acceptors (Lipinski definition) is 2. The van der Waals surface area contributed by atoms with Crippen molar-refractivity contribution in [2.45, 2.75) is 33.6 Å². The molecule has 0 spiro atoms. The second-order valence-electron chi connectivity index (χ2n) is 3.15. The Hall–Kier alpha value is -1.03. The van der Waals surface area contributed by atoms with Crippen molar-refractivity contribution in [1.29, 1.82) is 0 Å². The Labute approximate surface area is 90.4 Å². The lowest BCUT2D eigenvalue weighted by Crippen LogP contribution is -2.04. The number of nitrogens with zero attached hydrogens (tertiary/aromatic N) is 2. The largest absolute Gasteiger partial charge is 0.387 e. The molecular formula is C9H17ClN4. The summed E-state index contributed by atoms with van der Waals surface area (Å²) in [5.41, 5.74) is 7.73. The second kappa shape index (κ2) is 5.65. The van der Waals surface area contributed by atoms with Gasteiger partial charge in [0.15, 0.2) is 5.82 Å². The number of rotatable bonds is 3. The first-order valence-electron chi connectivity index (χ1n) is 4.49. The van der Waals surface area contributed by atoms with Gasteiger partial charge < -0.3 is 5.73 Å². The predicted molar refractivity (Wildman–Crippen MR) is 61.5 cm³/mol. The minimum Gasteiger partial charge on any atom is -0.387 e. The molecule has 0 aliphatic rings. The molecular weight excluding hydrogens is 200 g/mol. The number of amidine groups is 1. The molecule has 0 atom stereocenters. The quantitative estimate of drug-likeness (QED) is 0.600. The van der Waals surface area contributed by atoms with Crippen LogP contribution in [0.2, 0.25) is 0 Å². The topological polar surface area (TPSA) is 67.1 Å². The van der Waals surface area contributed by atoms with Gasteiger partial charge in [0.05, 0.1) is 5.84 Å². The molecule has 0 aromatic carbocycles. The van der Waals surface area contributed by atoms with Gasteiger partial charge in [-0.1, -0.05) is 13.3 Å². The molecule has 4 nitrogen and oxygen atoms in total. The minimum atomic E-state index is 0. The maximum Gasteiger partial charge on any atom is 0.178 e. The van der Waals surface area contributed by atoms with E-state index in [4.69, 9.17) is 5.73 Å². The first-order valence-corrected chi connectivity index (χ1v) is 4.49. The van der Waals surface area contributed by atoms with E-state index >= 15 is 0 Å². The maximum atomic E-state index is 5.47. The van der Waals surface area contributed by atoms with Crippen molar-refractivity contribution >= 4 is 24.1 Å². The van der Waals surface area contributed by atoms with Crippen molar-refractivity contribution in [2.24, 2.45) is 10.7 Å². The number of halogens is 1. The summed E-state index contributed by atoms with van der Waals surface area (Å²) < 4.78 is 0. The van der Waals surface area contributed by atoms with Crippen LogP contribution in [0.3, 0.4) is 0 Å². The molecule has 0 saturated carbocycles. The van der Waals surface area contributed by atoms with Gasteiger partial charge in [-0.15, -0.1) is 12.4 Å². The number of aromatic nitrogens is 2. The molecule has 0 bridgehead atoms. The van der Waals surface area contributed by atoms with Crippen LogP contribution < -0.4 is 5.73 Å². The van der Waals surface area contributed by atoms with Gasteiger partial charge in [0.2, 0.25) is 0 Å². The molecule has 0 aliphatic heterocycles. The number of nitrogens with one attached hydrogen (secondary N) is 1. The molecule has 0 radical (unpaired) electrons. The number of aromatic amines is 1. The average molecular weight is 217 g/mol. The zero-order chi connectivity index (χ0) is 9.84. The van der Waals surface area contributed by atoms with Gasteiger partial charge in [-0.3, -0.25) is 5.10 Å². The summed E-state index contributed by atoms with van der Waals surface area (Å²) in [6.45, 7) is 5.90. The van der Waals surface area contributed by atoms with Crippen LogP contribution in [0.25, 0.3) is 0 Å². The van der Waals surface area contributed by atoms with Crippen LogP contribution in [0.4, 0.5) is 5.82 Å². The van der Waals surface area contributed by atoms with Crippen LogP contribution in [0.1, 0.15) is 31.5 Å². The summed E-state index contributed by atoms with van der Waals surface area (Å²) in [6.07, 6.45) is 2.12. The van der Waals surface area contributed by atoms with Gasteiger partial charge in [0.25, 0.3) is 0 Å². The van der Waals surface area contributed by atoms with Crippen LogP contribution >= 0.6 is 12.4 Å². The van der Waals surface area contributed by atoms with Gasteiger partial charge in [0, 0.05) is 11.3 Å². The van der Waals surface area contributed by atoms with Gasteiger partial charge in [-0.2, -0.15) is 5.10 Å². The molecule has 5 heteroatoms. The Morgan fingerprint density at radius 1 is 1.57 bits per heavy atom. The first kappa shape index (κ1) is 13.0. The summed E-state index contributed by atoms with van der Waals surface area (Å²) in [5, 5.41) is 7.05. The van der Waals surface area contributed by atoms with Crippen LogP contribution in [-0.2, 0) is 6.42 Å². The smallest absolute Gasteiger partial charge is 0.178 e. The van der Waals surface area contributed by atoms with Gasteiger partial charge in [0.1, 0.15) is 0 Å². The van der Waals surface area contributed by atoms with E-state index in [0.29, 0.717) is 11.7 Å². The van der Waals surface area contributed by atoms with Crippen molar-refractivity contribution in [3.63, 3.8) is 0 Å². The third-order valence-electron chi connectivity index (χ3n) is 1.87.